The van der Waals surface area contributed by atoms with Crippen molar-refractivity contribution in [3.8, 4) is 0 Å². The summed E-state index contributed by atoms with van der Waals surface area (Å²) in [6.45, 7) is 1.85. The minimum atomic E-state index is -0.887. The number of rotatable bonds is 2. The molecule has 2 N–H and O–H groups in total. The first kappa shape index (κ1) is 13.2. The number of aliphatic hydroxyl groups excluding tert-OH is 1. The van der Waals surface area contributed by atoms with Crippen LogP contribution >= 0.6 is 23.4 Å². The number of fused-ring (bicyclic) bond motifs is 1. The average Bonchev–Trinajstić information content (AvgIpc) is 2.90. The number of aromatic nitrogens is 3. The van der Waals surface area contributed by atoms with Crippen LogP contribution in [0.5, 0.6) is 0 Å². The van der Waals surface area contributed by atoms with Gasteiger partial charge in [-0.25, -0.2) is 9.97 Å². The minimum absolute atomic E-state index is 0.0368. The molecule has 0 aliphatic carbocycles. The van der Waals surface area contributed by atoms with Gasteiger partial charge in [-0.05, 0) is 19.4 Å². The Morgan fingerprint density at radius 2 is 2.37 bits per heavy atom. The molecule has 3 heterocycles. The van der Waals surface area contributed by atoms with Gasteiger partial charge in [-0.15, -0.1) is 11.8 Å². The summed E-state index contributed by atoms with van der Waals surface area (Å²) in [6, 6.07) is 1.85. The Hall–Kier alpha value is -0.820. The molecule has 19 heavy (non-hydrogen) atoms. The van der Waals surface area contributed by atoms with E-state index in [1.54, 1.807) is 18.7 Å². The van der Waals surface area contributed by atoms with E-state index in [0.29, 0.717) is 17.2 Å². The van der Waals surface area contributed by atoms with Crippen molar-refractivity contribution in [2.45, 2.75) is 29.6 Å². The van der Waals surface area contributed by atoms with Crippen molar-refractivity contribution >= 4 is 34.4 Å². The van der Waals surface area contributed by atoms with E-state index in [1.165, 1.54) is 6.33 Å². The van der Waals surface area contributed by atoms with Crippen LogP contribution in [0.1, 0.15) is 18.7 Å². The minimum Gasteiger partial charge on any atom is -0.395 e. The van der Waals surface area contributed by atoms with E-state index >= 15 is 0 Å². The van der Waals surface area contributed by atoms with E-state index in [9.17, 15) is 10.2 Å². The lowest BCUT2D eigenvalue weighted by Crippen LogP contribution is -2.30. The SMILES string of the molecule is CC1(O)CC(CO)SC1n1ccc2c(Cl)ncnc21. The highest BCUT2D eigenvalue weighted by atomic mass is 35.5. The molecule has 0 radical (unpaired) electrons. The van der Waals surface area contributed by atoms with Gasteiger partial charge in [-0.2, -0.15) is 0 Å². The summed E-state index contributed by atoms with van der Waals surface area (Å²) in [5.41, 5.74) is -0.182. The Balaban J connectivity index is 2.07. The first-order valence-electron chi connectivity index (χ1n) is 5.98. The van der Waals surface area contributed by atoms with Gasteiger partial charge in [-0.3, -0.25) is 0 Å². The molecule has 0 amide bonds. The van der Waals surface area contributed by atoms with Crippen LogP contribution in [0.25, 0.3) is 11.0 Å². The highest BCUT2D eigenvalue weighted by molar-refractivity contribution is 8.00. The van der Waals surface area contributed by atoms with Crippen LogP contribution in [-0.4, -0.2) is 42.2 Å². The van der Waals surface area contributed by atoms with E-state index in [1.807, 2.05) is 16.8 Å². The molecule has 2 aromatic heterocycles. The zero-order valence-electron chi connectivity index (χ0n) is 10.3. The predicted molar refractivity (Wildman–Crippen MR) is 75.3 cm³/mol. The molecule has 0 bridgehead atoms. The van der Waals surface area contributed by atoms with Gasteiger partial charge in [0.2, 0.25) is 0 Å². The molecule has 1 aliphatic heterocycles. The Morgan fingerprint density at radius 1 is 1.58 bits per heavy atom. The maximum absolute atomic E-state index is 10.5. The first-order valence-corrected chi connectivity index (χ1v) is 7.31. The molecule has 102 valence electrons. The monoisotopic (exact) mass is 299 g/mol. The van der Waals surface area contributed by atoms with Gasteiger partial charge in [0.05, 0.1) is 17.6 Å². The molecular weight excluding hydrogens is 286 g/mol. The van der Waals surface area contributed by atoms with Gasteiger partial charge in [0.1, 0.15) is 22.5 Å². The molecule has 3 unspecified atom stereocenters. The van der Waals surface area contributed by atoms with Gasteiger partial charge < -0.3 is 14.8 Å². The third-order valence-electron chi connectivity index (χ3n) is 3.41. The number of hydrogen-bond acceptors (Lipinski definition) is 5. The maximum atomic E-state index is 10.5. The van der Waals surface area contributed by atoms with Crippen molar-refractivity contribution in [2.75, 3.05) is 6.61 Å². The van der Waals surface area contributed by atoms with Crippen molar-refractivity contribution in [2.24, 2.45) is 0 Å². The molecule has 0 aromatic carbocycles. The molecule has 0 spiro atoms. The number of halogens is 1. The van der Waals surface area contributed by atoms with Crippen LogP contribution < -0.4 is 0 Å². The molecule has 1 aliphatic rings. The lowest BCUT2D eigenvalue weighted by molar-refractivity contribution is 0.0367. The van der Waals surface area contributed by atoms with Crippen LogP contribution in [-0.2, 0) is 0 Å². The lowest BCUT2D eigenvalue weighted by Gasteiger charge is -2.26. The van der Waals surface area contributed by atoms with Crippen LogP contribution in [0.2, 0.25) is 5.15 Å². The number of nitrogens with zero attached hydrogens (tertiary/aromatic N) is 3. The van der Waals surface area contributed by atoms with Gasteiger partial charge in [0.15, 0.2) is 0 Å². The molecule has 3 rings (SSSR count). The highest BCUT2D eigenvalue weighted by Gasteiger charge is 2.44. The Bertz CT molecular complexity index is 616. The molecule has 5 nitrogen and oxygen atoms in total. The van der Waals surface area contributed by atoms with E-state index in [2.05, 4.69) is 9.97 Å². The standard InChI is InChI=1S/C12H14ClN3O2S/c1-12(18)4-7(5-17)19-11(12)16-3-2-8-9(13)14-6-15-10(8)16/h2-3,6-7,11,17-18H,4-5H2,1H3. The molecule has 3 atom stereocenters. The normalized spacial score (nSPS) is 31.2. The third-order valence-corrected chi connectivity index (χ3v) is 5.41. The molecule has 0 saturated carbocycles. The zero-order chi connectivity index (χ0) is 13.6. The van der Waals surface area contributed by atoms with Crippen molar-refractivity contribution < 1.29 is 10.2 Å². The van der Waals surface area contributed by atoms with Crippen LogP contribution in [0.3, 0.4) is 0 Å². The smallest absolute Gasteiger partial charge is 0.145 e. The van der Waals surface area contributed by atoms with Gasteiger partial charge in [0.25, 0.3) is 0 Å². The second-order valence-electron chi connectivity index (χ2n) is 4.98. The fraction of sp³-hybridized carbons (Fsp3) is 0.500. The van der Waals surface area contributed by atoms with Crippen molar-refractivity contribution in [1.82, 2.24) is 14.5 Å². The van der Waals surface area contributed by atoms with Crippen molar-refractivity contribution in [1.29, 1.82) is 0 Å². The molecule has 1 saturated heterocycles. The molecular formula is C12H14ClN3O2S. The van der Waals surface area contributed by atoms with Gasteiger partial charge in [0, 0.05) is 11.4 Å². The summed E-state index contributed by atoms with van der Waals surface area (Å²) >= 11 is 7.59. The topological polar surface area (TPSA) is 71.2 Å². The van der Waals surface area contributed by atoms with Crippen LogP contribution in [0.4, 0.5) is 0 Å². The average molecular weight is 300 g/mol. The first-order chi connectivity index (χ1) is 9.03. The highest BCUT2D eigenvalue weighted by Crippen LogP contribution is 2.49. The zero-order valence-corrected chi connectivity index (χ0v) is 11.9. The van der Waals surface area contributed by atoms with Gasteiger partial charge >= 0.3 is 0 Å². The fourth-order valence-corrected chi connectivity index (χ4v) is 4.31. The maximum Gasteiger partial charge on any atom is 0.145 e. The molecule has 7 heteroatoms. The quantitative estimate of drug-likeness (QED) is 0.828. The number of aliphatic hydroxyl groups is 2. The third kappa shape index (κ3) is 2.12. The fourth-order valence-electron chi connectivity index (χ4n) is 2.54. The Kier molecular flexibility index (Phi) is 3.21. The summed E-state index contributed by atoms with van der Waals surface area (Å²) in [4.78, 5) is 8.19. The van der Waals surface area contributed by atoms with E-state index in [4.69, 9.17) is 11.6 Å². The van der Waals surface area contributed by atoms with E-state index in [0.717, 1.165) is 5.39 Å². The largest absolute Gasteiger partial charge is 0.395 e. The number of thioether (sulfide) groups is 1. The van der Waals surface area contributed by atoms with Crippen LogP contribution in [0.15, 0.2) is 18.6 Å². The van der Waals surface area contributed by atoms with E-state index in [-0.39, 0.29) is 17.2 Å². The summed E-state index contributed by atoms with van der Waals surface area (Å²) in [6.07, 6.45) is 3.83. The second-order valence-corrected chi connectivity index (χ2v) is 6.72. The van der Waals surface area contributed by atoms with Crippen molar-refractivity contribution in [3.63, 3.8) is 0 Å². The van der Waals surface area contributed by atoms with E-state index < -0.39 is 5.60 Å². The molecule has 2 aromatic rings. The Labute approximate surface area is 119 Å². The molecule has 1 fully saturated rings. The summed E-state index contributed by atoms with van der Waals surface area (Å²) in [5, 5.41) is 20.8. The second kappa shape index (κ2) is 4.63. The predicted octanol–water partition coefficient (Wildman–Crippen LogP) is 1.83. The van der Waals surface area contributed by atoms with Gasteiger partial charge in [-0.1, -0.05) is 11.6 Å². The summed E-state index contributed by atoms with van der Waals surface area (Å²) in [5.74, 6) is 0. The Morgan fingerprint density at radius 3 is 3.05 bits per heavy atom. The summed E-state index contributed by atoms with van der Waals surface area (Å²) < 4.78 is 1.91. The lowest BCUT2D eigenvalue weighted by atomic mass is 10.0. The number of hydrogen-bond donors (Lipinski definition) is 2. The van der Waals surface area contributed by atoms with Crippen molar-refractivity contribution in [3.05, 3.63) is 23.7 Å². The summed E-state index contributed by atoms with van der Waals surface area (Å²) in [7, 11) is 0. The van der Waals surface area contributed by atoms with Crippen LogP contribution in [0, 0.1) is 0 Å².